The van der Waals surface area contributed by atoms with Gasteiger partial charge in [-0.25, -0.2) is 4.98 Å². The predicted octanol–water partition coefficient (Wildman–Crippen LogP) is 3.14. The summed E-state index contributed by atoms with van der Waals surface area (Å²) in [6.07, 6.45) is 5.55. The van der Waals surface area contributed by atoms with Gasteiger partial charge in [0.1, 0.15) is 17.8 Å². The Hall–Kier alpha value is -3.02. The Bertz CT molecular complexity index is 1210. The summed E-state index contributed by atoms with van der Waals surface area (Å²) in [6, 6.07) is 10.7. The first-order valence-corrected chi connectivity index (χ1v) is 11.9. The fraction of sp³-hybridized carbons (Fsp3) is 0.227. The number of rotatable bonds is 9. The smallest absolute Gasteiger partial charge is 0.257 e. The average molecular weight is 543 g/mol. The molecule has 0 unspecified atom stereocenters. The van der Waals surface area contributed by atoms with Gasteiger partial charge in [-0.05, 0) is 30.1 Å². The van der Waals surface area contributed by atoms with Crippen molar-refractivity contribution < 1.29 is 14.3 Å². The molecule has 4 aromatic rings. The number of nitrogens with zero attached hydrogens (tertiary/aromatic N) is 4. The third-order valence-electron chi connectivity index (χ3n) is 5.22. The maximum absolute atomic E-state index is 12.5. The molecule has 2 N–H and O–H groups in total. The Morgan fingerprint density at radius 2 is 2.19 bits per heavy atom. The Labute approximate surface area is 200 Å². The molecule has 164 valence electrons. The first-order chi connectivity index (χ1) is 15.6. The molecule has 32 heavy (non-hydrogen) atoms. The summed E-state index contributed by atoms with van der Waals surface area (Å²) in [5, 5.41) is 18.2. The molecular formula is C22H23BIN5O3. The predicted molar refractivity (Wildman–Crippen MR) is 134 cm³/mol. The molecule has 0 aliphatic rings. The zero-order valence-corrected chi connectivity index (χ0v) is 19.8. The van der Waals surface area contributed by atoms with Gasteiger partial charge in [-0.3, -0.25) is 4.79 Å². The van der Waals surface area contributed by atoms with Gasteiger partial charge in [0.05, 0.1) is 22.1 Å². The van der Waals surface area contributed by atoms with Crippen LogP contribution >= 0.6 is 22.6 Å². The quantitative estimate of drug-likeness (QED) is 0.111. The van der Waals surface area contributed by atoms with Crippen molar-refractivity contribution in [1.29, 1.82) is 0 Å². The van der Waals surface area contributed by atoms with Crippen LogP contribution in [0.25, 0.3) is 16.9 Å². The molecule has 3 aromatic heterocycles. The lowest BCUT2D eigenvalue weighted by atomic mass is 9.75. The van der Waals surface area contributed by atoms with E-state index in [-0.39, 0.29) is 11.7 Å². The number of aromatic hydroxyl groups is 1. The van der Waals surface area contributed by atoms with Crippen LogP contribution in [0.4, 0.5) is 5.82 Å². The zero-order valence-electron chi connectivity index (χ0n) is 17.7. The molecule has 0 saturated heterocycles. The molecule has 10 heteroatoms. The van der Waals surface area contributed by atoms with Gasteiger partial charge in [-0.2, -0.15) is 9.61 Å². The molecule has 0 aliphatic carbocycles. The molecule has 0 atom stereocenters. The van der Waals surface area contributed by atoms with E-state index in [9.17, 15) is 9.90 Å². The number of furan rings is 1. The number of halogens is 1. The summed E-state index contributed by atoms with van der Waals surface area (Å²) >= 11 is 2.19. The number of aromatic nitrogens is 3. The summed E-state index contributed by atoms with van der Waals surface area (Å²) in [5.41, 5.74) is 3.70. The first-order valence-electron chi connectivity index (χ1n) is 10.4. The monoisotopic (exact) mass is 543 g/mol. The maximum Gasteiger partial charge on any atom is 0.257 e. The minimum Gasteiger partial charge on any atom is -0.507 e. The number of anilines is 1. The summed E-state index contributed by atoms with van der Waals surface area (Å²) in [4.78, 5) is 19.1. The summed E-state index contributed by atoms with van der Waals surface area (Å²) in [6.45, 7) is 3.32. The minimum absolute atomic E-state index is 0.0408. The Morgan fingerprint density at radius 3 is 2.91 bits per heavy atom. The second kappa shape index (κ2) is 10.1. The standard InChI is InChI=1S/C22H23BIN5O3/c1-23-17-12-26-29-20(11-18(27-21(17)29)16-5-2-3-6-19(16)30)25-8-4-9-28(14-24)22(31)15-7-10-32-13-15/h2-3,5-7,10-13,23,25,30H,4,8-9,14H2,1H3. The van der Waals surface area contributed by atoms with E-state index in [1.54, 1.807) is 27.6 Å². The van der Waals surface area contributed by atoms with Gasteiger partial charge >= 0.3 is 0 Å². The van der Waals surface area contributed by atoms with Crippen molar-refractivity contribution in [3.05, 3.63) is 60.7 Å². The van der Waals surface area contributed by atoms with E-state index in [0.29, 0.717) is 34.5 Å². The van der Waals surface area contributed by atoms with Crippen molar-refractivity contribution in [2.24, 2.45) is 0 Å². The van der Waals surface area contributed by atoms with Crippen LogP contribution < -0.4 is 10.8 Å². The highest BCUT2D eigenvalue weighted by Gasteiger charge is 2.16. The van der Waals surface area contributed by atoms with Crippen LogP contribution in [0, 0.1) is 0 Å². The Balaban J connectivity index is 1.51. The van der Waals surface area contributed by atoms with Crippen LogP contribution in [-0.2, 0) is 0 Å². The van der Waals surface area contributed by atoms with Crippen LogP contribution in [0.2, 0.25) is 6.82 Å². The van der Waals surface area contributed by atoms with Crippen LogP contribution in [0.1, 0.15) is 16.8 Å². The van der Waals surface area contributed by atoms with Crippen molar-refractivity contribution in [2.45, 2.75) is 13.2 Å². The highest BCUT2D eigenvalue weighted by Crippen LogP contribution is 2.29. The molecule has 0 spiro atoms. The lowest BCUT2D eigenvalue weighted by Crippen LogP contribution is -2.31. The topological polar surface area (TPSA) is 95.9 Å². The van der Waals surface area contributed by atoms with Crippen molar-refractivity contribution in [2.75, 3.05) is 23.0 Å². The fourth-order valence-electron chi connectivity index (χ4n) is 3.48. The molecule has 1 amide bonds. The van der Waals surface area contributed by atoms with E-state index >= 15 is 0 Å². The lowest BCUT2D eigenvalue weighted by molar-refractivity contribution is 0.0789. The van der Waals surface area contributed by atoms with Crippen molar-refractivity contribution in [3.8, 4) is 17.0 Å². The molecular weight excluding hydrogens is 520 g/mol. The van der Waals surface area contributed by atoms with E-state index in [0.717, 1.165) is 30.6 Å². The molecule has 0 saturated carbocycles. The number of fused-ring (bicyclic) bond motifs is 1. The van der Waals surface area contributed by atoms with Gasteiger partial charge in [-0.1, -0.05) is 41.5 Å². The van der Waals surface area contributed by atoms with E-state index in [1.165, 1.54) is 12.5 Å². The number of benzene rings is 1. The number of nitrogens with one attached hydrogen (secondary N) is 1. The summed E-state index contributed by atoms with van der Waals surface area (Å²) in [7, 11) is 0.806. The maximum atomic E-state index is 12.5. The van der Waals surface area contributed by atoms with Gasteiger partial charge in [0.15, 0.2) is 12.9 Å². The highest BCUT2D eigenvalue weighted by molar-refractivity contribution is 14.1. The molecule has 0 fully saturated rings. The number of para-hydroxylation sites is 1. The third-order valence-corrected chi connectivity index (χ3v) is 6.04. The molecule has 0 aliphatic heterocycles. The van der Waals surface area contributed by atoms with E-state index in [2.05, 4.69) is 39.8 Å². The largest absolute Gasteiger partial charge is 0.507 e. The van der Waals surface area contributed by atoms with Crippen LogP contribution in [0.3, 0.4) is 0 Å². The Kier molecular flexibility index (Phi) is 6.98. The van der Waals surface area contributed by atoms with Crippen molar-refractivity contribution in [1.82, 2.24) is 19.5 Å². The van der Waals surface area contributed by atoms with Crippen LogP contribution in [0.5, 0.6) is 5.75 Å². The zero-order chi connectivity index (χ0) is 22.5. The van der Waals surface area contributed by atoms with Crippen molar-refractivity contribution >= 4 is 52.7 Å². The molecule has 1 aromatic carbocycles. The van der Waals surface area contributed by atoms with E-state index < -0.39 is 0 Å². The van der Waals surface area contributed by atoms with E-state index in [1.807, 2.05) is 24.4 Å². The summed E-state index contributed by atoms with van der Waals surface area (Å²) in [5.74, 6) is 0.930. The number of hydrogen-bond acceptors (Lipinski definition) is 6. The number of alkyl halides is 1. The van der Waals surface area contributed by atoms with Crippen molar-refractivity contribution in [3.63, 3.8) is 0 Å². The lowest BCUT2D eigenvalue weighted by Gasteiger charge is -2.19. The molecule has 0 bridgehead atoms. The Morgan fingerprint density at radius 1 is 1.34 bits per heavy atom. The summed E-state index contributed by atoms with van der Waals surface area (Å²) < 4.78 is 7.41. The number of phenols is 1. The highest BCUT2D eigenvalue weighted by atomic mass is 127. The first kappa shape index (κ1) is 22.2. The van der Waals surface area contributed by atoms with Gasteiger partial charge in [0, 0.05) is 30.9 Å². The van der Waals surface area contributed by atoms with Crippen LogP contribution in [-0.4, -0.2) is 55.4 Å². The number of carbonyl (C=O) groups excluding carboxylic acids is 1. The molecule has 8 nitrogen and oxygen atoms in total. The number of amides is 1. The minimum atomic E-state index is -0.0408. The number of carbonyl (C=O) groups is 1. The third kappa shape index (κ3) is 4.59. The SMILES string of the molecule is CBc1cnn2c(NCCCN(CI)C(=O)c3ccoc3)cc(-c3ccccc3O)nc12. The van der Waals surface area contributed by atoms with Gasteiger partial charge in [0.2, 0.25) is 0 Å². The van der Waals surface area contributed by atoms with Crippen LogP contribution in [0.15, 0.2) is 59.5 Å². The normalized spacial score (nSPS) is 10.9. The van der Waals surface area contributed by atoms with Gasteiger partial charge in [0.25, 0.3) is 5.91 Å². The number of hydrogen-bond donors (Lipinski definition) is 2. The molecule has 3 heterocycles. The number of phenolic OH excluding ortho intramolecular Hbond substituents is 1. The van der Waals surface area contributed by atoms with E-state index in [4.69, 9.17) is 9.40 Å². The second-order valence-electron chi connectivity index (χ2n) is 7.28. The van der Waals surface area contributed by atoms with Gasteiger partial charge < -0.3 is 19.7 Å². The molecule has 0 radical (unpaired) electrons. The van der Waals surface area contributed by atoms with Gasteiger partial charge in [-0.15, -0.1) is 0 Å². The second-order valence-corrected chi connectivity index (χ2v) is 7.97. The fourth-order valence-corrected chi connectivity index (χ4v) is 4.13. The molecule has 4 rings (SSSR count). The average Bonchev–Trinajstić information content (AvgIpc) is 3.49.